The van der Waals surface area contributed by atoms with Gasteiger partial charge in [-0.05, 0) is 43.3 Å². The number of benzene rings is 2. The van der Waals surface area contributed by atoms with E-state index in [1.165, 1.54) is 12.1 Å². The van der Waals surface area contributed by atoms with Crippen LogP contribution in [0.15, 0.2) is 48.5 Å². The molecule has 3 rings (SSSR count). The molecule has 0 spiro atoms. The van der Waals surface area contributed by atoms with E-state index in [1.54, 1.807) is 36.4 Å². The summed E-state index contributed by atoms with van der Waals surface area (Å²) in [6, 6.07) is 12.6. The largest absolute Gasteiger partial charge is 0.369 e. The van der Waals surface area contributed by atoms with Crippen molar-refractivity contribution in [1.82, 2.24) is 4.90 Å². The van der Waals surface area contributed by atoms with Crippen molar-refractivity contribution in [1.29, 1.82) is 0 Å². The van der Waals surface area contributed by atoms with E-state index >= 15 is 0 Å². The van der Waals surface area contributed by atoms with Gasteiger partial charge in [-0.1, -0.05) is 0 Å². The Morgan fingerprint density at radius 1 is 1.03 bits per heavy atom. The number of rotatable bonds is 6. The number of carbonyl (C=O) groups is 2. The van der Waals surface area contributed by atoms with E-state index in [2.05, 4.69) is 15.1 Å². The molecule has 0 unspecified atom stereocenters. The number of nitro benzene ring substituents is 1. The van der Waals surface area contributed by atoms with Gasteiger partial charge >= 0.3 is 0 Å². The van der Waals surface area contributed by atoms with Gasteiger partial charge in [0.15, 0.2) is 0 Å². The average Bonchev–Trinajstić information content (AvgIpc) is 2.73. The first-order valence-corrected chi connectivity index (χ1v) is 9.29. The molecule has 0 radical (unpaired) electrons. The highest BCUT2D eigenvalue weighted by Gasteiger charge is 2.26. The van der Waals surface area contributed by atoms with Crippen LogP contribution < -0.4 is 16.0 Å². The first-order valence-electron chi connectivity index (χ1n) is 9.29. The van der Waals surface area contributed by atoms with Crippen LogP contribution in [0.3, 0.4) is 0 Å². The fourth-order valence-corrected chi connectivity index (χ4v) is 3.28. The highest BCUT2D eigenvalue weighted by atomic mass is 16.6. The first-order chi connectivity index (χ1) is 13.8. The van der Waals surface area contributed by atoms with Crippen LogP contribution in [0.4, 0.5) is 17.1 Å². The summed E-state index contributed by atoms with van der Waals surface area (Å²) in [5.41, 5.74) is 7.22. The zero-order valence-electron chi connectivity index (χ0n) is 16.1. The molecule has 9 heteroatoms. The monoisotopic (exact) mass is 397 g/mol. The summed E-state index contributed by atoms with van der Waals surface area (Å²) in [6.45, 7) is 4.71. The van der Waals surface area contributed by atoms with Gasteiger partial charge in [-0.3, -0.25) is 24.6 Å². The third kappa shape index (κ3) is 4.88. The van der Waals surface area contributed by atoms with Crippen molar-refractivity contribution in [3.05, 3.63) is 64.2 Å². The molecule has 0 bridgehead atoms. The van der Waals surface area contributed by atoms with Crippen LogP contribution in [0.5, 0.6) is 0 Å². The SMILES string of the molecule is C[C@H](C(=O)Nc1ccc(C(N)=O)cc1)N1CCN(c2ccc([N+](=O)[O-])cc2)CC1. The van der Waals surface area contributed by atoms with Crippen molar-refractivity contribution >= 4 is 28.9 Å². The highest BCUT2D eigenvalue weighted by molar-refractivity contribution is 5.96. The normalized spacial score (nSPS) is 15.6. The molecular formula is C20H23N5O4. The minimum Gasteiger partial charge on any atom is -0.369 e. The lowest BCUT2D eigenvalue weighted by molar-refractivity contribution is -0.384. The van der Waals surface area contributed by atoms with Crippen LogP contribution in [0.1, 0.15) is 17.3 Å². The van der Waals surface area contributed by atoms with Crippen molar-refractivity contribution in [2.75, 3.05) is 36.4 Å². The zero-order valence-corrected chi connectivity index (χ0v) is 16.1. The summed E-state index contributed by atoms with van der Waals surface area (Å²) in [5, 5.41) is 13.6. The van der Waals surface area contributed by atoms with Crippen LogP contribution in [0.2, 0.25) is 0 Å². The van der Waals surface area contributed by atoms with Crippen molar-refractivity contribution in [3.8, 4) is 0 Å². The number of carbonyl (C=O) groups excluding carboxylic acids is 2. The van der Waals surface area contributed by atoms with Gasteiger partial charge in [0, 0.05) is 55.2 Å². The van der Waals surface area contributed by atoms with Gasteiger partial charge < -0.3 is 16.0 Å². The Kier molecular flexibility index (Phi) is 6.08. The van der Waals surface area contributed by atoms with E-state index in [9.17, 15) is 19.7 Å². The molecule has 1 aliphatic rings. The second-order valence-corrected chi connectivity index (χ2v) is 6.90. The topological polar surface area (TPSA) is 122 Å². The van der Waals surface area contributed by atoms with Crippen molar-refractivity contribution < 1.29 is 14.5 Å². The summed E-state index contributed by atoms with van der Waals surface area (Å²) >= 11 is 0. The number of non-ortho nitro benzene ring substituents is 1. The third-order valence-corrected chi connectivity index (χ3v) is 5.10. The molecule has 1 fully saturated rings. The molecule has 0 aliphatic carbocycles. The average molecular weight is 397 g/mol. The standard InChI is InChI=1S/C20H23N5O4/c1-14(20(27)22-16-4-2-15(3-5-16)19(21)26)23-10-12-24(13-11-23)17-6-8-18(9-7-17)25(28)29/h2-9,14H,10-13H2,1H3,(H2,21,26)(H,22,27)/t14-/m1/s1. The minimum atomic E-state index is -0.512. The number of hydrogen-bond donors (Lipinski definition) is 2. The summed E-state index contributed by atoms with van der Waals surface area (Å²) in [6.07, 6.45) is 0. The van der Waals surface area contributed by atoms with Crippen molar-refractivity contribution in [3.63, 3.8) is 0 Å². The Hall–Kier alpha value is -3.46. The molecule has 2 amide bonds. The van der Waals surface area contributed by atoms with E-state index in [0.29, 0.717) is 24.3 Å². The van der Waals surface area contributed by atoms with E-state index in [-0.39, 0.29) is 17.6 Å². The van der Waals surface area contributed by atoms with Crippen LogP contribution >= 0.6 is 0 Å². The van der Waals surface area contributed by atoms with Crippen LogP contribution in [-0.4, -0.2) is 53.9 Å². The van der Waals surface area contributed by atoms with Crippen molar-refractivity contribution in [2.24, 2.45) is 5.73 Å². The molecule has 29 heavy (non-hydrogen) atoms. The number of amides is 2. The quantitative estimate of drug-likeness (QED) is 0.567. The lowest BCUT2D eigenvalue weighted by Crippen LogP contribution is -2.52. The molecule has 1 saturated heterocycles. The fourth-order valence-electron chi connectivity index (χ4n) is 3.28. The predicted molar refractivity (Wildman–Crippen MR) is 110 cm³/mol. The Bertz CT molecular complexity index is 890. The summed E-state index contributed by atoms with van der Waals surface area (Å²) in [7, 11) is 0. The Labute approximate surface area is 168 Å². The Morgan fingerprint density at radius 2 is 1.62 bits per heavy atom. The van der Waals surface area contributed by atoms with E-state index in [0.717, 1.165) is 18.8 Å². The lowest BCUT2D eigenvalue weighted by Gasteiger charge is -2.38. The van der Waals surface area contributed by atoms with Gasteiger partial charge in [0.25, 0.3) is 5.69 Å². The Morgan fingerprint density at radius 3 is 2.14 bits per heavy atom. The summed E-state index contributed by atoms with van der Waals surface area (Å²) in [4.78, 5) is 38.3. The number of nitrogens with one attached hydrogen (secondary N) is 1. The minimum absolute atomic E-state index is 0.0709. The van der Waals surface area contributed by atoms with Gasteiger partial charge in [-0.25, -0.2) is 0 Å². The van der Waals surface area contributed by atoms with E-state index < -0.39 is 10.8 Å². The maximum atomic E-state index is 12.6. The molecule has 3 N–H and O–H groups in total. The van der Waals surface area contributed by atoms with Gasteiger partial charge in [0.1, 0.15) is 0 Å². The molecule has 0 saturated carbocycles. The molecule has 1 atom stereocenters. The number of nitro groups is 1. The van der Waals surface area contributed by atoms with Crippen LogP contribution in [0.25, 0.3) is 0 Å². The van der Waals surface area contributed by atoms with Crippen molar-refractivity contribution in [2.45, 2.75) is 13.0 Å². The summed E-state index contributed by atoms with van der Waals surface area (Å²) < 4.78 is 0. The van der Waals surface area contributed by atoms with Crippen LogP contribution in [0, 0.1) is 10.1 Å². The molecule has 2 aromatic rings. The molecule has 0 aromatic heterocycles. The zero-order chi connectivity index (χ0) is 21.0. The third-order valence-electron chi connectivity index (χ3n) is 5.10. The molecule has 1 aliphatic heterocycles. The fraction of sp³-hybridized carbons (Fsp3) is 0.300. The second-order valence-electron chi connectivity index (χ2n) is 6.90. The number of nitrogens with zero attached hydrogens (tertiary/aromatic N) is 3. The second kappa shape index (κ2) is 8.70. The van der Waals surface area contributed by atoms with Crippen LogP contribution in [-0.2, 0) is 4.79 Å². The highest BCUT2D eigenvalue weighted by Crippen LogP contribution is 2.21. The van der Waals surface area contributed by atoms with Gasteiger partial charge in [0.05, 0.1) is 11.0 Å². The number of primary amides is 1. The molecule has 1 heterocycles. The smallest absolute Gasteiger partial charge is 0.269 e. The number of nitrogens with two attached hydrogens (primary N) is 1. The number of piperazine rings is 1. The van der Waals surface area contributed by atoms with Gasteiger partial charge in [-0.2, -0.15) is 0 Å². The number of hydrogen-bond acceptors (Lipinski definition) is 6. The predicted octanol–water partition coefficient (Wildman–Crippen LogP) is 1.84. The first kappa shape index (κ1) is 20.3. The maximum Gasteiger partial charge on any atom is 0.269 e. The lowest BCUT2D eigenvalue weighted by atomic mass is 10.1. The number of anilines is 2. The molecule has 152 valence electrons. The molecule has 9 nitrogen and oxygen atoms in total. The van der Waals surface area contributed by atoms with Gasteiger partial charge in [-0.15, -0.1) is 0 Å². The van der Waals surface area contributed by atoms with E-state index in [4.69, 9.17) is 5.73 Å². The molecular weight excluding hydrogens is 374 g/mol. The van der Waals surface area contributed by atoms with E-state index in [1.807, 2.05) is 6.92 Å². The molecule has 2 aromatic carbocycles. The maximum absolute atomic E-state index is 12.6. The van der Waals surface area contributed by atoms with Gasteiger partial charge in [0.2, 0.25) is 11.8 Å². The summed E-state index contributed by atoms with van der Waals surface area (Å²) in [5.74, 6) is -0.636. The Balaban J connectivity index is 1.53.